The lowest BCUT2D eigenvalue weighted by Gasteiger charge is -2.35. The van der Waals surface area contributed by atoms with Crippen LogP contribution in [-0.4, -0.2) is 37.7 Å². The van der Waals surface area contributed by atoms with Crippen molar-refractivity contribution in [3.8, 4) is 0 Å². The zero-order valence-electron chi connectivity index (χ0n) is 11.0. The van der Waals surface area contributed by atoms with E-state index in [2.05, 4.69) is 18.7 Å². The van der Waals surface area contributed by atoms with E-state index in [9.17, 15) is 0 Å². The highest BCUT2D eigenvalue weighted by Crippen LogP contribution is 2.33. The summed E-state index contributed by atoms with van der Waals surface area (Å²) in [4.78, 5) is 2.60. The van der Waals surface area contributed by atoms with Crippen molar-refractivity contribution in [1.29, 1.82) is 0 Å². The number of rotatable bonds is 3. The molecular formula is C14H27NO. The van der Waals surface area contributed by atoms with Crippen LogP contribution in [0.5, 0.6) is 0 Å². The number of nitrogens with zero attached hydrogens (tertiary/aromatic N) is 1. The molecule has 2 fully saturated rings. The zero-order valence-corrected chi connectivity index (χ0v) is 11.0. The second-order valence-electron chi connectivity index (χ2n) is 5.94. The smallest absolute Gasteiger partial charge is 0.0594 e. The maximum atomic E-state index is 5.40. The van der Waals surface area contributed by atoms with Crippen molar-refractivity contribution in [3.63, 3.8) is 0 Å². The standard InChI is InChI=1S/C14H27NO/c1-12(2)14-5-3-13(4-6-14)11-15-7-9-16-10-8-15/h12-14H,3-11H2,1-2H3. The molecule has 0 aromatic rings. The molecule has 0 N–H and O–H groups in total. The van der Waals surface area contributed by atoms with Crippen LogP contribution in [0.3, 0.4) is 0 Å². The van der Waals surface area contributed by atoms with Crippen molar-refractivity contribution < 1.29 is 4.74 Å². The molecule has 0 amide bonds. The highest BCUT2D eigenvalue weighted by atomic mass is 16.5. The first-order valence-corrected chi connectivity index (χ1v) is 7.06. The van der Waals surface area contributed by atoms with Gasteiger partial charge in [-0.3, -0.25) is 4.90 Å². The van der Waals surface area contributed by atoms with Gasteiger partial charge < -0.3 is 4.74 Å². The Labute approximate surface area is 100 Å². The van der Waals surface area contributed by atoms with Gasteiger partial charge in [0.15, 0.2) is 0 Å². The van der Waals surface area contributed by atoms with Gasteiger partial charge >= 0.3 is 0 Å². The first-order chi connectivity index (χ1) is 7.75. The Morgan fingerprint density at radius 3 is 2.25 bits per heavy atom. The molecule has 1 heterocycles. The van der Waals surface area contributed by atoms with Gasteiger partial charge in [-0.05, 0) is 43.4 Å². The molecular weight excluding hydrogens is 198 g/mol. The van der Waals surface area contributed by atoms with E-state index in [1.807, 2.05) is 0 Å². The van der Waals surface area contributed by atoms with Crippen molar-refractivity contribution in [2.75, 3.05) is 32.8 Å². The third-order valence-corrected chi connectivity index (χ3v) is 4.45. The second-order valence-corrected chi connectivity index (χ2v) is 5.94. The molecule has 2 rings (SSSR count). The minimum atomic E-state index is 0.893. The normalized spacial score (nSPS) is 33.2. The van der Waals surface area contributed by atoms with Gasteiger partial charge in [0, 0.05) is 19.6 Å². The van der Waals surface area contributed by atoms with Crippen LogP contribution in [0.4, 0.5) is 0 Å². The summed E-state index contributed by atoms with van der Waals surface area (Å²) >= 11 is 0. The Morgan fingerprint density at radius 2 is 1.69 bits per heavy atom. The molecule has 1 aliphatic carbocycles. The van der Waals surface area contributed by atoms with Crippen molar-refractivity contribution in [3.05, 3.63) is 0 Å². The van der Waals surface area contributed by atoms with Crippen LogP contribution in [0.1, 0.15) is 39.5 Å². The van der Waals surface area contributed by atoms with E-state index in [-0.39, 0.29) is 0 Å². The summed E-state index contributed by atoms with van der Waals surface area (Å²) in [5.74, 6) is 2.86. The summed E-state index contributed by atoms with van der Waals surface area (Å²) in [6.07, 6.45) is 5.85. The molecule has 2 aliphatic rings. The Bertz CT molecular complexity index is 191. The van der Waals surface area contributed by atoms with Gasteiger partial charge in [0.1, 0.15) is 0 Å². The summed E-state index contributed by atoms with van der Waals surface area (Å²) in [5.41, 5.74) is 0. The van der Waals surface area contributed by atoms with E-state index < -0.39 is 0 Å². The minimum Gasteiger partial charge on any atom is -0.379 e. The maximum absolute atomic E-state index is 5.40. The van der Waals surface area contributed by atoms with Crippen molar-refractivity contribution in [1.82, 2.24) is 4.90 Å². The summed E-state index contributed by atoms with van der Waals surface area (Å²) < 4.78 is 5.40. The van der Waals surface area contributed by atoms with Crippen LogP contribution >= 0.6 is 0 Å². The molecule has 2 nitrogen and oxygen atoms in total. The van der Waals surface area contributed by atoms with Crippen LogP contribution < -0.4 is 0 Å². The molecule has 1 saturated carbocycles. The first kappa shape index (κ1) is 12.4. The van der Waals surface area contributed by atoms with Gasteiger partial charge in [-0.1, -0.05) is 13.8 Å². The van der Waals surface area contributed by atoms with Crippen LogP contribution in [0.15, 0.2) is 0 Å². The Balaban J connectivity index is 1.68. The molecule has 0 aromatic carbocycles. The minimum absolute atomic E-state index is 0.893. The maximum Gasteiger partial charge on any atom is 0.0594 e. The van der Waals surface area contributed by atoms with E-state index >= 15 is 0 Å². The van der Waals surface area contributed by atoms with E-state index in [0.29, 0.717) is 0 Å². The van der Waals surface area contributed by atoms with Crippen LogP contribution in [-0.2, 0) is 4.74 Å². The molecule has 0 radical (unpaired) electrons. The Hall–Kier alpha value is -0.0800. The average Bonchev–Trinajstić information content (AvgIpc) is 2.31. The van der Waals surface area contributed by atoms with Crippen molar-refractivity contribution >= 4 is 0 Å². The fourth-order valence-corrected chi connectivity index (χ4v) is 3.19. The third kappa shape index (κ3) is 3.46. The largest absolute Gasteiger partial charge is 0.379 e. The zero-order chi connectivity index (χ0) is 11.4. The van der Waals surface area contributed by atoms with Gasteiger partial charge in [-0.15, -0.1) is 0 Å². The van der Waals surface area contributed by atoms with Gasteiger partial charge in [0.2, 0.25) is 0 Å². The Kier molecular flexibility index (Phi) is 4.66. The molecule has 16 heavy (non-hydrogen) atoms. The average molecular weight is 225 g/mol. The van der Waals surface area contributed by atoms with Gasteiger partial charge in [-0.2, -0.15) is 0 Å². The van der Waals surface area contributed by atoms with Crippen molar-refractivity contribution in [2.24, 2.45) is 17.8 Å². The quantitative estimate of drug-likeness (QED) is 0.732. The van der Waals surface area contributed by atoms with Gasteiger partial charge in [0.05, 0.1) is 13.2 Å². The predicted octanol–water partition coefficient (Wildman–Crippen LogP) is 2.78. The molecule has 0 bridgehead atoms. The van der Waals surface area contributed by atoms with E-state index in [4.69, 9.17) is 4.74 Å². The number of morpholine rings is 1. The monoisotopic (exact) mass is 225 g/mol. The highest BCUT2D eigenvalue weighted by Gasteiger charge is 2.25. The molecule has 0 unspecified atom stereocenters. The summed E-state index contributed by atoms with van der Waals surface area (Å²) in [5, 5.41) is 0. The van der Waals surface area contributed by atoms with E-state index in [1.54, 1.807) is 0 Å². The third-order valence-electron chi connectivity index (χ3n) is 4.45. The summed E-state index contributed by atoms with van der Waals surface area (Å²) in [6, 6.07) is 0. The molecule has 94 valence electrons. The first-order valence-electron chi connectivity index (χ1n) is 7.06. The molecule has 0 atom stereocenters. The molecule has 1 saturated heterocycles. The SMILES string of the molecule is CC(C)C1CCC(CN2CCOCC2)CC1. The fourth-order valence-electron chi connectivity index (χ4n) is 3.19. The van der Waals surface area contributed by atoms with Crippen LogP contribution in [0.25, 0.3) is 0 Å². The van der Waals surface area contributed by atoms with Crippen LogP contribution in [0.2, 0.25) is 0 Å². The summed E-state index contributed by atoms with van der Waals surface area (Å²) in [6.45, 7) is 10.3. The molecule has 1 aliphatic heterocycles. The van der Waals surface area contributed by atoms with E-state index in [1.165, 1.54) is 32.2 Å². The topological polar surface area (TPSA) is 12.5 Å². The second kappa shape index (κ2) is 6.02. The van der Waals surface area contributed by atoms with Crippen molar-refractivity contribution in [2.45, 2.75) is 39.5 Å². The van der Waals surface area contributed by atoms with E-state index in [0.717, 1.165) is 44.1 Å². The highest BCUT2D eigenvalue weighted by molar-refractivity contribution is 4.77. The lowest BCUT2D eigenvalue weighted by Crippen LogP contribution is -2.40. The Morgan fingerprint density at radius 1 is 1.06 bits per heavy atom. The fraction of sp³-hybridized carbons (Fsp3) is 1.00. The molecule has 2 heteroatoms. The molecule has 0 spiro atoms. The van der Waals surface area contributed by atoms with Gasteiger partial charge in [-0.25, -0.2) is 0 Å². The lowest BCUT2D eigenvalue weighted by atomic mass is 9.77. The van der Waals surface area contributed by atoms with Crippen LogP contribution in [0, 0.1) is 17.8 Å². The number of hydrogen-bond acceptors (Lipinski definition) is 2. The summed E-state index contributed by atoms with van der Waals surface area (Å²) in [7, 11) is 0. The predicted molar refractivity (Wildman–Crippen MR) is 67.5 cm³/mol. The van der Waals surface area contributed by atoms with Gasteiger partial charge in [0.25, 0.3) is 0 Å². The number of hydrogen-bond donors (Lipinski definition) is 0. The molecule has 0 aromatic heterocycles. The number of ether oxygens (including phenoxy) is 1. The lowest BCUT2D eigenvalue weighted by molar-refractivity contribution is 0.0256.